The summed E-state index contributed by atoms with van der Waals surface area (Å²) in [6, 6.07) is 13.0. The van der Waals surface area contributed by atoms with Crippen LogP contribution in [-0.4, -0.2) is 32.5 Å². The lowest BCUT2D eigenvalue weighted by Gasteiger charge is -2.23. The first kappa shape index (κ1) is 20.9. The average Bonchev–Trinajstić information content (AvgIpc) is 2.60. The number of aryl methyl sites for hydroxylation is 1. The Labute approximate surface area is 163 Å². The Morgan fingerprint density at radius 1 is 1.07 bits per heavy atom. The van der Waals surface area contributed by atoms with E-state index in [-0.39, 0.29) is 35.9 Å². The van der Waals surface area contributed by atoms with Crippen molar-refractivity contribution >= 4 is 38.9 Å². The molecule has 27 heavy (non-hydrogen) atoms. The van der Waals surface area contributed by atoms with Crippen molar-refractivity contribution in [3.63, 3.8) is 0 Å². The number of hydrogen-bond donors (Lipinski definition) is 1. The molecule has 2 N–H and O–H groups in total. The molecule has 2 aromatic rings. The van der Waals surface area contributed by atoms with Gasteiger partial charge in [-0.3, -0.25) is 9.59 Å². The molecule has 0 aliphatic heterocycles. The summed E-state index contributed by atoms with van der Waals surface area (Å²) in [6.45, 7) is 1.98. The highest BCUT2D eigenvalue weighted by atomic mass is 35.5. The van der Waals surface area contributed by atoms with Gasteiger partial charge < -0.3 is 10.6 Å². The molecule has 0 radical (unpaired) electrons. The largest absolute Gasteiger partial charge is 0.370 e. The van der Waals surface area contributed by atoms with E-state index >= 15 is 0 Å². The van der Waals surface area contributed by atoms with Gasteiger partial charge in [0.2, 0.25) is 11.8 Å². The van der Waals surface area contributed by atoms with Crippen molar-refractivity contribution < 1.29 is 18.0 Å². The number of halogens is 1. The van der Waals surface area contributed by atoms with E-state index in [9.17, 15) is 18.0 Å². The molecular formula is C19H21ClN2O4S. The normalized spacial score (nSPS) is 11.2. The third kappa shape index (κ3) is 6.08. The van der Waals surface area contributed by atoms with Gasteiger partial charge in [0.15, 0.2) is 9.84 Å². The van der Waals surface area contributed by atoms with Gasteiger partial charge in [-0.05, 0) is 48.9 Å². The lowest BCUT2D eigenvalue weighted by atomic mass is 10.2. The molecule has 0 atom stereocenters. The summed E-state index contributed by atoms with van der Waals surface area (Å²) in [7, 11) is -3.63. The van der Waals surface area contributed by atoms with E-state index in [1.807, 2.05) is 13.0 Å². The number of nitrogens with two attached hydrogens (primary N) is 1. The van der Waals surface area contributed by atoms with Crippen LogP contribution < -0.4 is 10.6 Å². The van der Waals surface area contributed by atoms with Crippen molar-refractivity contribution in [2.24, 2.45) is 5.73 Å². The van der Waals surface area contributed by atoms with E-state index < -0.39 is 15.7 Å². The first-order valence-corrected chi connectivity index (χ1v) is 10.4. The number of benzene rings is 2. The quantitative estimate of drug-likeness (QED) is 0.726. The zero-order chi connectivity index (χ0) is 20.0. The van der Waals surface area contributed by atoms with Gasteiger partial charge >= 0.3 is 0 Å². The highest BCUT2D eigenvalue weighted by Gasteiger charge is 2.21. The topological polar surface area (TPSA) is 97.5 Å². The van der Waals surface area contributed by atoms with Crippen molar-refractivity contribution in [1.82, 2.24) is 0 Å². The van der Waals surface area contributed by atoms with Crippen molar-refractivity contribution in [2.75, 3.05) is 17.2 Å². The third-order valence-electron chi connectivity index (χ3n) is 3.95. The molecule has 0 bridgehead atoms. The van der Waals surface area contributed by atoms with E-state index in [2.05, 4.69) is 0 Å². The molecule has 0 heterocycles. The molecule has 144 valence electrons. The molecule has 2 rings (SSSR count). The number of anilines is 1. The number of carbonyl (C=O) groups is 2. The maximum absolute atomic E-state index is 12.7. The molecule has 0 fully saturated rings. The van der Waals surface area contributed by atoms with Gasteiger partial charge in [-0.1, -0.05) is 23.7 Å². The monoisotopic (exact) mass is 408 g/mol. The Morgan fingerprint density at radius 2 is 1.74 bits per heavy atom. The van der Waals surface area contributed by atoms with Gasteiger partial charge in [0.25, 0.3) is 0 Å². The number of primary amides is 1. The van der Waals surface area contributed by atoms with E-state index in [1.165, 1.54) is 29.2 Å². The summed E-state index contributed by atoms with van der Waals surface area (Å²) in [5.41, 5.74) is 6.74. The fourth-order valence-corrected chi connectivity index (χ4v) is 3.89. The number of amides is 2. The van der Waals surface area contributed by atoms with E-state index in [0.29, 0.717) is 10.7 Å². The second-order valence-corrected chi connectivity index (χ2v) is 8.67. The number of nitrogens with zero attached hydrogens (tertiary/aromatic N) is 1. The van der Waals surface area contributed by atoms with Crippen LogP contribution in [0.25, 0.3) is 0 Å². The summed E-state index contributed by atoms with van der Waals surface area (Å²) in [6.07, 6.45) is -0.221. The zero-order valence-electron chi connectivity index (χ0n) is 14.9. The van der Waals surface area contributed by atoms with Crippen LogP contribution >= 0.6 is 11.6 Å². The minimum absolute atomic E-state index is 0.0103. The minimum atomic E-state index is -3.63. The van der Waals surface area contributed by atoms with Crippen LogP contribution in [0.5, 0.6) is 0 Å². The predicted molar refractivity (Wildman–Crippen MR) is 105 cm³/mol. The Morgan fingerprint density at radius 3 is 2.33 bits per heavy atom. The Kier molecular flexibility index (Phi) is 6.98. The molecule has 6 nitrogen and oxygen atoms in total. The summed E-state index contributed by atoms with van der Waals surface area (Å²) in [5, 5.41) is 0.433. The summed E-state index contributed by atoms with van der Waals surface area (Å²) in [5.74, 6) is -1.26. The first-order valence-electron chi connectivity index (χ1n) is 8.33. The Bertz CT molecular complexity index is 927. The first-order chi connectivity index (χ1) is 12.7. The van der Waals surface area contributed by atoms with Gasteiger partial charge in [-0.2, -0.15) is 0 Å². The van der Waals surface area contributed by atoms with Crippen LogP contribution in [0.15, 0.2) is 53.4 Å². The van der Waals surface area contributed by atoms with Crippen molar-refractivity contribution in [3.8, 4) is 0 Å². The number of sulfone groups is 1. The van der Waals surface area contributed by atoms with Crippen molar-refractivity contribution in [1.29, 1.82) is 0 Å². The molecule has 0 aliphatic rings. The van der Waals surface area contributed by atoms with Gasteiger partial charge in [0.1, 0.15) is 0 Å². The van der Waals surface area contributed by atoms with E-state index in [4.69, 9.17) is 17.3 Å². The molecule has 2 aromatic carbocycles. The van der Waals surface area contributed by atoms with Gasteiger partial charge in [-0.15, -0.1) is 0 Å². The molecule has 0 saturated heterocycles. The van der Waals surface area contributed by atoms with Crippen LogP contribution in [0, 0.1) is 6.92 Å². The second-order valence-electron chi connectivity index (χ2n) is 6.12. The zero-order valence-corrected chi connectivity index (χ0v) is 16.5. The SMILES string of the molecule is Cc1cccc(N(CCC(N)=O)C(=O)CCS(=O)(=O)c2ccc(Cl)cc2)c1. The number of rotatable bonds is 8. The summed E-state index contributed by atoms with van der Waals surface area (Å²) >= 11 is 5.78. The lowest BCUT2D eigenvalue weighted by Crippen LogP contribution is -2.35. The molecule has 0 saturated carbocycles. The maximum atomic E-state index is 12.7. The minimum Gasteiger partial charge on any atom is -0.370 e. The van der Waals surface area contributed by atoms with Crippen LogP contribution in [0.4, 0.5) is 5.69 Å². The third-order valence-corrected chi connectivity index (χ3v) is 5.94. The van der Waals surface area contributed by atoms with Crippen molar-refractivity contribution in [3.05, 3.63) is 59.1 Å². The Hall–Kier alpha value is -2.38. The predicted octanol–water partition coefficient (Wildman–Crippen LogP) is 2.72. The fraction of sp³-hybridized carbons (Fsp3) is 0.263. The molecule has 0 aliphatic carbocycles. The van der Waals surface area contributed by atoms with E-state index in [0.717, 1.165) is 5.56 Å². The highest BCUT2D eigenvalue weighted by molar-refractivity contribution is 7.91. The molecule has 2 amide bonds. The highest BCUT2D eigenvalue weighted by Crippen LogP contribution is 2.20. The standard InChI is InChI=1S/C19H21ClN2O4S/c1-14-3-2-4-16(13-14)22(11-9-18(21)23)19(24)10-12-27(25,26)17-7-5-15(20)6-8-17/h2-8,13H,9-12H2,1H3,(H2,21,23). The van der Waals surface area contributed by atoms with Crippen molar-refractivity contribution in [2.45, 2.75) is 24.7 Å². The van der Waals surface area contributed by atoms with Gasteiger partial charge in [0.05, 0.1) is 10.6 Å². The van der Waals surface area contributed by atoms with E-state index in [1.54, 1.807) is 18.2 Å². The smallest absolute Gasteiger partial charge is 0.228 e. The van der Waals surface area contributed by atoms with Crippen LogP contribution in [0.1, 0.15) is 18.4 Å². The fourth-order valence-electron chi connectivity index (χ4n) is 2.53. The van der Waals surface area contributed by atoms with Gasteiger partial charge in [-0.25, -0.2) is 8.42 Å². The van der Waals surface area contributed by atoms with Gasteiger partial charge in [0, 0.05) is 30.1 Å². The van der Waals surface area contributed by atoms with Crippen LogP contribution in [-0.2, 0) is 19.4 Å². The summed E-state index contributed by atoms with van der Waals surface area (Å²) < 4.78 is 24.9. The summed E-state index contributed by atoms with van der Waals surface area (Å²) in [4.78, 5) is 25.3. The average molecular weight is 409 g/mol. The number of hydrogen-bond acceptors (Lipinski definition) is 4. The molecule has 0 unspecified atom stereocenters. The second kappa shape index (κ2) is 9.01. The molecular weight excluding hydrogens is 388 g/mol. The Balaban J connectivity index is 2.15. The maximum Gasteiger partial charge on any atom is 0.228 e. The molecule has 0 spiro atoms. The lowest BCUT2D eigenvalue weighted by molar-refractivity contribution is -0.119. The van der Waals surface area contributed by atoms with Crippen LogP contribution in [0.3, 0.4) is 0 Å². The molecule has 0 aromatic heterocycles. The van der Waals surface area contributed by atoms with Crippen LogP contribution in [0.2, 0.25) is 5.02 Å². The number of carbonyl (C=O) groups excluding carboxylic acids is 2. The molecule has 8 heteroatoms.